The zero-order chi connectivity index (χ0) is 11.5. The van der Waals surface area contributed by atoms with Gasteiger partial charge in [0.1, 0.15) is 0 Å². The van der Waals surface area contributed by atoms with Crippen LogP contribution in [0.5, 0.6) is 0 Å². The van der Waals surface area contributed by atoms with Crippen LogP contribution < -0.4 is 0 Å². The Hall–Kier alpha value is 0. The molecule has 0 aromatic carbocycles. The Morgan fingerprint density at radius 1 is 0.538 bits per heavy atom. The average Bonchev–Trinajstić information content (AvgIpc) is 2.99. The first-order chi connectivity index (χ1) is 6.33. The normalized spacial score (nSPS) is 9.23. The minimum atomic E-state index is 1.25. The van der Waals surface area contributed by atoms with E-state index in [1.807, 2.05) is 27.7 Å². The molecule has 0 amide bonds. The lowest BCUT2D eigenvalue weighted by atomic mass is 10.6. The van der Waals surface area contributed by atoms with Crippen LogP contribution >= 0.6 is 0 Å². The van der Waals surface area contributed by atoms with Crippen LogP contribution in [0, 0.1) is 0 Å². The van der Waals surface area contributed by atoms with Crippen LogP contribution in [0.25, 0.3) is 0 Å². The molecule has 0 spiro atoms. The second-order valence-electron chi connectivity index (χ2n) is 2.47. The fourth-order valence-electron chi connectivity index (χ4n) is 0. The fraction of sp³-hybridized carbons (Fsp3) is 1.00. The molecule has 1 rings (SSSR count). The van der Waals surface area contributed by atoms with Crippen LogP contribution in [0.3, 0.4) is 0 Å². The van der Waals surface area contributed by atoms with E-state index < -0.39 is 0 Å². The van der Waals surface area contributed by atoms with E-state index >= 15 is 0 Å². The number of hydrogen-bond donors (Lipinski definition) is 0. The van der Waals surface area contributed by atoms with Crippen LogP contribution in [0.4, 0.5) is 0 Å². The SMILES string of the molecule is C1CC1.CC.CC.CCC.CCC. The van der Waals surface area contributed by atoms with Crippen LogP contribution in [0.1, 0.15) is 87.5 Å². The van der Waals surface area contributed by atoms with Gasteiger partial charge < -0.3 is 0 Å². The smallest absolute Gasteiger partial charge is 0.0533 e. The third-order valence-corrected chi connectivity index (χ3v) is 0.354. The van der Waals surface area contributed by atoms with Crippen LogP contribution in [0.2, 0.25) is 0 Å². The molecule has 0 saturated heterocycles. The maximum absolute atomic E-state index is 2.12. The van der Waals surface area contributed by atoms with Crippen molar-refractivity contribution in [1.29, 1.82) is 0 Å². The third kappa shape index (κ3) is 1200. The molecule has 0 aromatic rings. The van der Waals surface area contributed by atoms with E-state index in [0.717, 1.165) is 0 Å². The van der Waals surface area contributed by atoms with Gasteiger partial charge in [-0.3, -0.25) is 0 Å². The van der Waals surface area contributed by atoms with E-state index in [4.69, 9.17) is 0 Å². The predicted octanol–water partition coefficient (Wildman–Crippen LogP) is 6.06. The summed E-state index contributed by atoms with van der Waals surface area (Å²) in [6.07, 6.45) is 7.00. The van der Waals surface area contributed by atoms with Gasteiger partial charge in [0.05, 0.1) is 0 Å². The molecule has 0 radical (unpaired) electrons. The van der Waals surface area contributed by atoms with Gasteiger partial charge in [-0.2, -0.15) is 0 Å². The van der Waals surface area contributed by atoms with Crippen molar-refractivity contribution in [3.8, 4) is 0 Å². The van der Waals surface area contributed by atoms with Gasteiger partial charge in [-0.05, 0) is 0 Å². The van der Waals surface area contributed by atoms with E-state index in [-0.39, 0.29) is 0 Å². The fourth-order valence-corrected chi connectivity index (χ4v) is 0. The van der Waals surface area contributed by atoms with Gasteiger partial charge >= 0.3 is 0 Å². The van der Waals surface area contributed by atoms with Crippen LogP contribution in [0.15, 0.2) is 0 Å². The van der Waals surface area contributed by atoms with Crippen molar-refractivity contribution in [2.24, 2.45) is 0 Å². The summed E-state index contributed by atoms with van der Waals surface area (Å²) in [5.41, 5.74) is 0. The molecule has 1 fully saturated rings. The van der Waals surface area contributed by atoms with Gasteiger partial charge in [0.15, 0.2) is 0 Å². The first-order valence-electron chi connectivity index (χ1n) is 6.33. The highest BCUT2D eigenvalue weighted by molar-refractivity contribution is 4.50. The van der Waals surface area contributed by atoms with Crippen molar-refractivity contribution in [1.82, 2.24) is 0 Å². The van der Waals surface area contributed by atoms with Gasteiger partial charge in [0.2, 0.25) is 0 Å². The summed E-state index contributed by atoms with van der Waals surface area (Å²) in [5, 5.41) is 0. The Bertz CT molecular complexity index is 16.5. The highest BCUT2D eigenvalue weighted by Crippen LogP contribution is 2.14. The number of rotatable bonds is 0. The molecule has 1 aliphatic carbocycles. The minimum absolute atomic E-state index is 1.25. The van der Waals surface area contributed by atoms with Gasteiger partial charge in [-0.1, -0.05) is 87.5 Å². The molecule has 13 heavy (non-hydrogen) atoms. The molecule has 0 unspecified atom stereocenters. The molecule has 86 valence electrons. The molecule has 0 aromatic heterocycles. The van der Waals surface area contributed by atoms with Crippen molar-refractivity contribution in [3.05, 3.63) is 0 Å². The molecular weight excluding hydrogens is 156 g/mol. The Morgan fingerprint density at radius 2 is 0.615 bits per heavy atom. The molecule has 0 atom stereocenters. The van der Waals surface area contributed by atoms with E-state index in [1.165, 1.54) is 32.1 Å². The van der Waals surface area contributed by atoms with E-state index in [9.17, 15) is 0 Å². The maximum Gasteiger partial charge on any atom is -0.0533 e. The summed E-state index contributed by atoms with van der Waals surface area (Å²) in [5.74, 6) is 0. The van der Waals surface area contributed by atoms with E-state index in [1.54, 1.807) is 0 Å². The first kappa shape index (κ1) is 23.1. The minimum Gasteiger partial charge on any atom is -0.0683 e. The van der Waals surface area contributed by atoms with Crippen molar-refractivity contribution >= 4 is 0 Å². The molecule has 1 aliphatic rings. The second kappa shape index (κ2) is 58.1. The summed E-state index contributed by atoms with van der Waals surface area (Å²) in [7, 11) is 0. The van der Waals surface area contributed by atoms with E-state index in [0.29, 0.717) is 0 Å². The lowest BCUT2D eigenvalue weighted by molar-refractivity contribution is 1.09. The van der Waals surface area contributed by atoms with Gasteiger partial charge in [-0.25, -0.2) is 0 Å². The standard InChI is InChI=1S/C3H6.2C3H8.2C2H6/c1-2-3-1;2*1-3-2;2*1-2/h1-3H2;2*3H2,1-2H3;2*1-2H3. The quantitative estimate of drug-likeness (QED) is 0.436. The molecule has 1 saturated carbocycles. The van der Waals surface area contributed by atoms with Gasteiger partial charge in [0.25, 0.3) is 0 Å². The summed E-state index contributed by atoms with van der Waals surface area (Å²) in [6.45, 7) is 16.5. The van der Waals surface area contributed by atoms with Crippen molar-refractivity contribution in [2.75, 3.05) is 0 Å². The monoisotopic (exact) mass is 190 g/mol. The highest BCUT2D eigenvalue weighted by Gasteiger charge is 1.95. The van der Waals surface area contributed by atoms with Crippen molar-refractivity contribution < 1.29 is 0 Å². The van der Waals surface area contributed by atoms with Crippen molar-refractivity contribution in [3.63, 3.8) is 0 Å². The molecule has 0 nitrogen and oxygen atoms in total. The molecule has 0 heteroatoms. The predicted molar refractivity (Wildman–Crippen MR) is 68.5 cm³/mol. The highest BCUT2D eigenvalue weighted by atomic mass is 14.0. The Kier molecular flexibility index (Phi) is 103. The number of hydrogen-bond acceptors (Lipinski definition) is 0. The van der Waals surface area contributed by atoms with Crippen molar-refractivity contribution in [2.45, 2.75) is 87.5 Å². The average molecular weight is 190 g/mol. The largest absolute Gasteiger partial charge is 0.0683 e. The Balaban J connectivity index is -0.0000000397. The van der Waals surface area contributed by atoms with E-state index in [2.05, 4.69) is 27.7 Å². The molecule has 0 aliphatic heterocycles. The Morgan fingerprint density at radius 3 is 0.615 bits per heavy atom. The third-order valence-electron chi connectivity index (χ3n) is 0.354. The lowest BCUT2D eigenvalue weighted by Gasteiger charge is -1.48. The first-order valence-corrected chi connectivity index (χ1v) is 6.33. The zero-order valence-electron chi connectivity index (χ0n) is 11.5. The molecule has 0 heterocycles. The van der Waals surface area contributed by atoms with Crippen LogP contribution in [-0.4, -0.2) is 0 Å². The summed E-state index contributed by atoms with van der Waals surface area (Å²) in [6, 6.07) is 0. The second-order valence-corrected chi connectivity index (χ2v) is 2.47. The van der Waals surface area contributed by atoms with Gasteiger partial charge in [-0.15, -0.1) is 0 Å². The van der Waals surface area contributed by atoms with Gasteiger partial charge in [0, 0.05) is 0 Å². The molecular formula is C13H34. The van der Waals surface area contributed by atoms with Crippen LogP contribution in [-0.2, 0) is 0 Å². The summed E-state index contributed by atoms with van der Waals surface area (Å²) >= 11 is 0. The Labute approximate surface area is 88.1 Å². The summed E-state index contributed by atoms with van der Waals surface area (Å²) < 4.78 is 0. The maximum atomic E-state index is 2.12. The topological polar surface area (TPSA) is 0 Å². The lowest BCUT2D eigenvalue weighted by Crippen LogP contribution is -1.27. The zero-order valence-corrected chi connectivity index (χ0v) is 11.5. The molecule has 0 N–H and O–H groups in total. The summed E-state index contributed by atoms with van der Waals surface area (Å²) in [4.78, 5) is 0. The molecule has 0 bridgehead atoms.